The molecule has 1 unspecified atom stereocenters. The minimum Gasteiger partial charge on any atom is -0.310 e. The van der Waals surface area contributed by atoms with Crippen molar-refractivity contribution in [1.82, 2.24) is 14.5 Å². The molecule has 0 aliphatic carbocycles. The Labute approximate surface area is 120 Å². The van der Waals surface area contributed by atoms with Crippen LogP contribution in [0, 0.1) is 6.92 Å². The maximum atomic E-state index is 5.93. The summed E-state index contributed by atoms with van der Waals surface area (Å²) in [5, 5.41) is 0. The number of aryl methyl sites for hydroxylation is 2. The SMILES string of the molecule is CCCC(CC)n1c(CCCl)nc2c(C)ccnc21. The molecule has 2 heterocycles. The van der Waals surface area contributed by atoms with Crippen LogP contribution in [-0.4, -0.2) is 20.4 Å². The van der Waals surface area contributed by atoms with E-state index < -0.39 is 0 Å². The highest BCUT2D eigenvalue weighted by Crippen LogP contribution is 2.27. The molecule has 2 aromatic heterocycles. The highest BCUT2D eigenvalue weighted by Gasteiger charge is 2.18. The molecule has 0 saturated carbocycles. The number of hydrogen-bond acceptors (Lipinski definition) is 2. The zero-order valence-corrected chi connectivity index (χ0v) is 12.7. The van der Waals surface area contributed by atoms with E-state index in [2.05, 4.69) is 30.3 Å². The quantitative estimate of drug-likeness (QED) is 0.739. The molecule has 0 aliphatic heterocycles. The molecule has 0 amide bonds. The van der Waals surface area contributed by atoms with Crippen molar-refractivity contribution in [2.75, 3.05) is 5.88 Å². The van der Waals surface area contributed by atoms with Crippen LogP contribution in [0.4, 0.5) is 0 Å². The molecule has 0 fully saturated rings. The standard InChI is InChI=1S/C15H22ClN3/c1-4-6-12(5-2)19-13(7-9-16)18-14-11(3)8-10-17-15(14)19/h8,10,12H,4-7,9H2,1-3H3. The van der Waals surface area contributed by atoms with Crippen molar-refractivity contribution in [3.8, 4) is 0 Å². The first kappa shape index (κ1) is 14.3. The molecule has 2 aromatic rings. The normalized spacial score (nSPS) is 13.1. The van der Waals surface area contributed by atoms with Crippen molar-refractivity contribution in [3.05, 3.63) is 23.7 Å². The maximum Gasteiger partial charge on any atom is 0.160 e. The van der Waals surface area contributed by atoms with E-state index in [4.69, 9.17) is 16.6 Å². The number of alkyl halides is 1. The fraction of sp³-hybridized carbons (Fsp3) is 0.600. The lowest BCUT2D eigenvalue weighted by molar-refractivity contribution is 0.443. The molecule has 104 valence electrons. The van der Waals surface area contributed by atoms with E-state index in [0.29, 0.717) is 11.9 Å². The summed E-state index contributed by atoms with van der Waals surface area (Å²) in [6, 6.07) is 2.49. The Morgan fingerprint density at radius 2 is 2.16 bits per heavy atom. The van der Waals surface area contributed by atoms with Crippen LogP contribution in [-0.2, 0) is 6.42 Å². The van der Waals surface area contributed by atoms with Gasteiger partial charge in [0.2, 0.25) is 0 Å². The Balaban J connectivity index is 2.60. The first-order chi connectivity index (χ1) is 9.22. The molecule has 1 atom stereocenters. The third-order valence-corrected chi connectivity index (χ3v) is 3.82. The summed E-state index contributed by atoms with van der Waals surface area (Å²) in [6.07, 6.45) is 6.11. The van der Waals surface area contributed by atoms with Gasteiger partial charge in [0.05, 0.1) is 0 Å². The zero-order valence-electron chi connectivity index (χ0n) is 12.0. The van der Waals surface area contributed by atoms with Crippen LogP contribution in [0.3, 0.4) is 0 Å². The second-order valence-electron chi connectivity index (χ2n) is 4.99. The summed E-state index contributed by atoms with van der Waals surface area (Å²) < 4.78 is 2.31. The van der Waals surface area contributed by atoms with Crippen molar-refractivity contribution >= 4 is 22.8 Å². The predicted octanol–water partition coefficient (Wildman–Crippen LogP) is 4.27. The van der Waals surface area contributed by atoms with E-state index in [9.17, 15) is 0 Å². The van der Waals surface area contributed by atoms with Gasteiger partial charge in [-0.05, 0) is 31.4 Å². The number of nitrogens with zero attached hydrogens (tertiary/aromatic N) is 3. The van der Waals surface area contributed by atoms with Crippen LogP contribution in [0.25, 0.3) is 11.2 Å². The lowest BCUT2D eigenvalue weighted by atomic mass is 10.1. The molecule has 3 nitrogen and oxygen atoms in total. The Hall–Kier alpha value is -1.09. The van der Waals surface area contributed by atoms with Gasteiger partial charge in [0.1, 0.15) is 11.3 Å². The number of imidazole rings is 1. The second kappa shape index (κ2) is 6.38. The van der Waals surface area contributed by atoms with Crippen LogP contribution < -0.4 is 0 Å². The van der Waals surface area contributed by atoms with E-state index >= 15 is 0 Å². The molecule has 0 aromatic carbocycles. The van der Waals surface area contributed by atoms with Crippen LogP contribution >= 0.6 is 11.6 Å². The Morgan fingerprint density at radius 1 is 1.37 bits per heavy atom. The average Bonchev–Trinajstić information content (AvgIpc) is 2.76. The van der Waals surface area contributed by atoms with Crippen molar-refractivity contribution in [1.29, 1.82) is 0 Å². The zero-order chi connectivity index (χ0) is 13.8. The molecule has 0 radical (unpaired) electrons. The summed E-state index contributed by atoms with van der Waals surface area (Å²) in [5.74, 6) is 1.68. The van der Waals surface area contributed by atoms with Crippen molar-refractivity contribution < 1.29 is 0 Å². The van der Waals surface area contributed by atoms with E-state index in [-0.39, 0.29) is 0 Å². The number of aromatic nitrogens is 3. The predicted molar refractivity (Wildman–Crippen MR) is 80.9 cm³/mol. The minimum absolute atomic E-state index is 0.475. The van der Waals surface area contributed by atoms with Crippen molar-refractivity contribution in [2.45, 2.75) is 52.5 Å². The van der Waals surface area contributed by atoms with Gasteiger partial charge in [-0.2, -0.15) is 0 Å². The van der Waals surface area contributed by atoms with Gasteiger partial charge in [-0.3, -0.25) is 0 Å². The number of halogens is 1. The lowest BCUT2D eigenvalue weighted by Crippen LogP contribution is -2.12. The molecule has 0 N–H and O–H groups in total. The van der Waals surface area contributed by atoms with Gasteiger partial charge >= 0.3 is 0 Å². The molecule has 0 bridgehead atoms. The van der Waals surface area contributed by atoms with Crippen LogP contribution in [0.1, 0.15) is 50.5 Å². The summed E-state index contributed by atoms with van der Waals surface area (Å²) >= 11 is 5.93. The van der Waals surface area contributed by atoms with E-state index in [1.165, 1.54) is 12.0 Å². The lowest BCUT2D eigenvalue weighted by Gasteiger charge is -2.19. The molecule has 4 heteroatoms. The van der Waals surface area contributed by atoms with Gasteiger partial charge in [0, 0.05) is 24.5 Å². The van der Waals surface area contributed by atoms with E-state index in [1.54, 1.807) is 0 Å². The van der Waals surface area contributed by atoms with Gasteiger partial charge in [0.25, 0.3) is 0 Å². The highest BCUT2D eigenvalue weighted by molar-refractivity contribution is 6.17. The summed E-state index contributed by atoms with van der Waals surface area (Å²) in [5.41, 5.74) is 3.23. The number of fused-ring (bicyclic) bond motifs is 1. The second-order valence-corrected chi connectivity index (χ2v) is 5.37. The first-order valence-electron chi connectivity index (χ1n) is 7.11. The molecular weight excluding hydrogens is 258 g/mol. The topological polar surface area (TPSA) is 30.7 Å². The number of pyridine rings is 1. The third kappa shape index (κ3) is 2.76. The minimum atomic E-state index is 0.475. The number of hydrogen-bond donors (Lipinski definition) is 0. The number of rotatable bonds is 6. The Kier molecular flexibility index (Phi) is 4.81. The van der Waals surface area contributed by atoms with Crippen LogP contribution in [0.5, 0.6) is 0 Å². The van der Waals surface area contributed by atoms with Gasteiger partial charge in [-0.25, -0.2) is 9.97 Å². The Morgan fingerprint density at radius 3 is 2.79 bits per heavy atom. The monoisotopic (exact) mass is 279 g/mol. The molecule has 0 aliphatic rings. The van der Waals surface area contributed by atoms with Crippen molar-refractivity contribution in [2.24, 2.45) is 0 Å². The fourth-order valence-corrected chi connectivity index (χ4v) is 2.82. The molecule has 0 saturated heterocycles. The van der Waals surface area contributed by atoms with Gasteiger partial charge in [-0.1, -0.05) is 20.3 Å². The summed E-state index contributed by atoms with van der Waals surface area (Å²) in [4.78, 5) is 9.32. The largest absolute Gasteiger partial charge is 0.310 e. The highest BCUT2D eigenvalue weighted by atomic mass is 35.5. The molecular formula is C15H22ClN3. The fourth-order valence-electron chi connectivity index (χ4n) is 2.65. The van der Waals surface area contributed by atoms with E-state index in [0.717, 1.165) is 36.3 Å². The molecule has 0 spiro atoms. The average molecular weight is 280 g/mol. The Bertz CT molecular complexity index is 548. The molecule has 2 rings (SSSR count). The van der Waals surface area contributed by atoms with Gasteiger partial charge in [-0.15, -0.1) is 11.6 Å². The van der Waals surface area contributed by atoms with Crippen LogP contribution in [0.2, 0.25) is 0 Å². The third-order valence-electron chi connectivity index (χ3n) is 3.63. The van der Waals surface area contributed by atoms with Crippen LogP contribution in [0.15, 0.2) is 12.3 Å². The first-order valence-corrected chi connectivity index (χ1v) is 7.64. The van der Waals surface area contributed by atoms with E-state index in [1.807, 2.05) is 12.3 Å². The smallest absolute Gasteiger partial charge is 0.160 e. The van der Waals surface area contributed by atoms with Gasteiger partial charge in [0.15, 0.2) is 5.65 Å². The maximum absolute atomic E-state index is 5.93. The summed E-state index contributed by atoms with van der Waals surface area (Å²) in [7, 11) is 0. The van der Waals surface area contributed by atoms with Gasteiger partial charge < -0.3 is 4.57 Å². The molecule has 19 heavy (non-hydrogen) atoms. The van der Waals surface area contributed by atoms with Crippen molar-refractivity contribution in [3.63, 3.8) is 0 Å². The summed E-state index contributed by atoms with van der Waals surface area (Å²) in [6.45, 7) is 6.54.